The highest BCUT2D eigenvalue weighted by Gasteiger charge is 2.14. The summed E-state index contributed by atoms with van der Waals surface area (Å²) in [5.74, 6) is 0.537. The van der Waals surface area contributed by atoms with Gasteiger partial charge in [-0.15, -0.1) is 5.10 Å². The maximum Gasteiger partial charge on any atom is 0.310 e. The van der Waals surface area contributed by atoms with E-state index in [2.05, 4.69) is 15.5 Å². The molecule has 0 aliphatic rings. The van der Waals surface area contributed by atoms with E-state index >= 15 is 0 Å². The Labute approximate surface area is 121 Å². The molecule has 0 atom stereocenters. The van der Waals surface area contributed by atoms with Gasteiger partial charge in [0.15, 0.2) is 0 Å². The molecule has 108 valence electrons. The summed E-state index contributed by atoms with van der Waals surface area (Å²) in [4.78, 5) is 0. The van der Waals surface area contributed by atoms with Crippen LogP contribution in [0, 0.1) is 0 Å². The van der Waals surface area contributed by atoms with E-state index in [1.54, 1.807) is 35.0 Å². The first kappa shape index (κ1) is 14.8. The first-order chi connectivity index (χ1) is 9.61. The molecule has 2 aromatic rings. The maximum atomic E-state index is 11.8. The minimum absolute atomic E-state index is 0.108. The zero-order valence-electron chi connectivity index (χ0n) is 10.8. The summed E-state index contributed by atoms with van der Waals surface area (Å²) < 4.78 is 30.2. The lowest BCUT2D eigenvalue weighted by atomic mass is 10.3. The minimum Gasteiger partial charge on any atom is -0.382 e. The lowest BCUT2D eigenvalue weighted by molar-refractivity contribution is 0.488. The van der Waals surface area contributed by atoms with Crippen molar-refractivity contribution in [2.45, 2.75) is 18.6 Å². The fourth-order valence-electron chi connectivity index (χ4n) is 1.40. The van der Waals surface area contributed by atoms with Gasteiger partial charge in [-0.05, 0) is 29.5 Å². The van der Waals surface area contributed by atoms with Crippen molar-refractivity contribution in [1.82, 2.24) is 20.2 Å². The van der Waals surface area contributed by atoms with E-state index < -0.39 is 10.1 Å². The van der Waals surface area contributed by atoms with Crippen molar-refractivity contribution in [2.75, 3.05) is 11.5 Å². The van der Waals surface area contributed by atoms with Crippen molar-refractivity contribution in [1.29, 1.82) is 0 Å². The first-order valence-corrected chi connectivity index (χ1v) is 8.53. The zero-order valence-corrected chi connectivity index (χ0v) is 12.5. The predicted molar refractivity (Wildman–Crippen MR) is 75.1 cm³/mol. The number of benzene rings is 1. The summed E-state index contributed by atoms with van der Waals surface area (Å²) in [5.41, 5.74) is 0. The molecule has 1 heterocycles. The van der Waals surface area contributed by atoms with Crippen molar-refractivity contribution < 1.29 is 12.6 Å². The molecule has 1 aromatic carbocycles. The quantitative estimate of drug-likeness (QED) is 0.560. The monoisotopic (exact) mass is 314 g/mol. The molecule has 0 saturated heterocycles. The van der Waals surface area contributed by atoms with Gasteiger partial charge in [0.25, 0.3) is 0 Å². The van der Waals surface area contributed by atoms with Crippen LogP contribution in [-0.2, 0) is 16.7 Å². The minimum atomic E-state index is -3.61. The van der Waals surface area contributed by atoms with Crippen LogP contribution < -0.4 is 4.18 Å². The predicted octanol–water partition coefficient (Wildman–Crippen LogP) is 1.19. The molecule has 0 radical (unpaired) electrons. The van der Waals surface area contributed by atoms with E-state index in [0.29, 0.717) is 23.2 Å². The molecule has 0 bridgehead atoms. The molecule has 20 heavy (non-hydrogen) atoms. The normalized spacial score (nSPS) is 11.4. The number of thioether (sulfide) groups is 1. The molecule has 2 rings (SSSR count). The number of aryl methyl sites for hydroxylation is 1. The van der Waals surface area contributed by atoms with Gasteiger partial charge >= 0.3 is 10.1 Å². The van der Waals surface area contributed by atoms with Crippen LogP contribution in [0.1, 0.15) is 6.92 Å². The van der Waals surface area contributed by atoms with Gasteiger partial charge in [-0.3, -0.25) is 0 Å². The van der Waals surface area contributed by atoms with Crippen LogP contribution in [-0.4, -0.2) is 40.1 Å². The van der Waals surface area contributed by atoms with Crippen LogP contribution in [0.15, 0.2) is 35.5 Å². The van der Waals surface area contributed by atoms with E-state index in [9.17, 15) is 8.42 Å². The van der Waals surface area contributed by atoms with Gasteiger partial charge < -0.3 is 4.18 Å². The van der Waals surface area contributed by atoms with Crippen LogP contribution in [0.4, 0.5) is 0 Å². The summed E-state index contributed by atoms with van der Waals surface area (Å²) in [6, 6.07) is 8.43. The van der Waals surface area contributed by atoms with Crippen molar-refractivity contribution >= 4 is 21.9 Å². The van der Waals surface area contributed by atoms with Crippen LogP contribution >= 0.6 is 11.8 Å². The van der Waals surface area contributed by atoms with Gasteiger partial charge in [-0.1, -0.05) is 30.0 Å². The van der Waals surface area contributed by atoms with Crippen LogP contribution in [0.2, 0.25) is 0 Å². The van der Waals surface area contributed by atoms with Crippen LogP contribution in [0.25, 0.3) is 0 Å². The van der Waals surface area contributed by atoms with Gasteiger partial charge in [-0.25, -0.2) is 4.68 Å². The second-order valence-corrected chi connectivity index (χ2v) is 6.54. The summed E-state index contributed by atoms with van der Waals surface area (Å²) in [6.45, 7) is 2.55. The summed E-state index contributed by atoms with van der Waals surface area (Å²) in [7, 11) is -3.61. The molecule has 0 aliphatic carbocycles. The summed E-state index contributed by atoms with van der Waals surface area (Å²) >= 11 is 1.28. The second-order valence-electron chi connectivity index (χ2n) is 3.78. The first-order valence-electron chi connectivity index (χ1n) is 5.97. The molecule has 0 fully saturated rings. The highest BCUT2D eigenvalue weighted by atomic mass is 32.2. The third-order valence-corrected chi connectivity index (χ3v) is 4.70. The van der Waals surface area contributed by atoms with E-state index in [4.69, 9.17) is 4.18 Å². The average Bonchev–Trinajstić information content (AvgIpc) is 2.86. The molecular formula is C11H14N4O3S2. The lowest BCUT2D eigenvalue weighted by Crippen LogP contribution is -2.15. The number of tetrazole rings is 1. The third kappa shape index (κ3) is 4.20. The molecule has 0 spiro atoms. The van der Waals surface area contributed by atoms with Gasteiger partial charge in [0.05, 0.1) is 5.75 Å². The molecule has 0 aliphatic heterocycles. The summed E-state index contributed by atoms with van der Waals surface area (Å²) in [5, 5.41) is 11.7. The Hall–Kier alpha value is -1.61. The Morgan fingerprint density at radius 2 is 2.05 bits per heavy atom. The van der Waals surface area contributed by atoms with Gasteiger partial charge in [0.1, 0.15) is 5.75 Å². The second kappa shape index (κ2) is 6.71. The van der Waals surface area contributed by atoms with Crippen LogP contribution in [0.5, 0.6) is 5.75 Å². The summed E-state index contributed by atoms with van der Waals surface area (Å²) in [6.07, 6.45) is 0. The Kier molecular flexibility index (Phi) is 4.96. The largest absolute Gasteiger partial charge is 0.382 e. The molecule has 7 nitrogen and oxygen atoms in total. The van der Waals surface area contributed by atoms with Gasteiger partial charge in [0.2, 0.25) is 5.16 Å². The fourth-order valence-corrected chi connectivity index (χ4v) is 3.63. The van der Waals surface area contributed by atoms with E-state index in [1.807, 2.05) is 6.92 Å². The molecule has 9 heteroatoms. The van der Waals surface area contributed by atoms with Crippen molar-refractivity contribution in [3.63, 3.8) is 0 Å². The standard InChI is InChI=1S/C11H14N4O3S2/c1-2-15-11(12-13-14-15)19-8-9-20(16,17)18-10-6-4-3-5-7-10/h3-7H,2,8-9H2,1H3. The maximum absolute atomic E-state index is 11.8. The SMILES string of the molecule is CCn1nnnc1SCCS(=O)(=O)Oc1ccccc1. The van der Waals surface area contributed by atoms with Crippen molar-refractivity contribution in [2.24, 2.45) is 0 Å². The van der Waals surface area contributed by atoms with Gasteiger partial charge in [-0.2, -0.15) is 8.42 Å². The Morgan fingerprint density at radius 1 is 1.30 bits per heavy atom. The fraction of sp³-hybridized carbons (Fsp3) is 0.364. The van der Waals surface area contributed by atoms with Crippen molar-refractivity contribution in [3.8, 4) is 5.75 Å². The molecule has 0 N–H and O–H groups in total. The topological polar surface area (TPSA) is 87.0 Å². The van der Waals surface area contributed by atoms with E-state index in [-0.39, 0.29) is 5.75 Å². The smallest absolute Gasteiger partial charge is 0.310 e. The number of nitrogens with zero attached hydrogens (tertiary/aromatic N) is 4. The van der Waals surface area contributed by atoms with E-state index in [1.165, 1.54) is 11.8 Å². The zero-order chi connectivity index (χ0) is 14.4. The number of hydrogen-bond donors (Lipinski definition) is 0. The van der Waals surface area contributed by atoms with Crippen molar-refractivity contribution in [3.05, 3.63) is 30.3 Å². The van der Waals surface area contributed by atoms with Gasteiger partial charge in [0, 0.05) is 12.3 Å². The number of para-hydroxylation sites is 1. The number of hydrogen-bond acceptors (Lipinski definition) is 7. The Balaban J connectivity index is 1.87. The number of aromatic nitrogens is 4. The van der Waals surface area contributed by atoms with Crippen LogP contribution in [0.3, 0.4) is 0 Å². The third-order valence-electron chi connectivity index (χ3n) is 2.33. The average molecular weight is 314 g/mol. The Morgan fingerprint density at radius 3 is 2.75 bits per heavy atom. The Bertz CT molecular complexity index is 643. The number of rotatable bonds is 7. The molecular weight excluding hydrogens is 300 g/mol. The molecule has 0 unspecified atom stereocenters. The molecule has 0 saturated carbocycles. The highest BCUT2D eigenvalue weighted by molar-refractivity contribution is 8.00. The highest BCUT2D eigenvalue weighted by Crippen LogP contribution is 2.16. The lowest BCUT2D eigenvalue weighted by Gasteiger charge is -2.06. The van der Waals surface area contributed by atoms with E-state index in [0.717, 1.165) is 0 Å². The molecule has 1 aromatic heterocycles. The molecule has 0 amide bonds.